The second-order valence-electron chi connectivity index (χ2n) is 5.14. The minimum atomic E-state index is -0.588. The number of hydrogen-bond donors (Lipinski definition) is 2. The summed E-state index contributed by atoms with van der Waals surface area (Å²) in [5, 5.41) is 5.39. The third kappa shape index (κ3) is 3.21. The molecule has 0 bridgehead atoms. The highest BCUT2D eigenvalue weighted by molar-refractivity contribution is 6.02. The van der Waals surface area contributed by atoms with Gasteiger partial charge >= 0.3 is 0 Å². The van der Waals surface area contributed by atoms with Gasteiger partial charge in [-0.05, 0) is 37.6 Å². The highest BCUT2D eigenvalue weighted by Gasteiger charge is 2.22. The molecule has 0 aliphatic carbocycles. The van der Waals surface area contributed by atoms with Crippen LogP contribution in [0.1, 0.15) is 29.8 Å². The molecule has 6 nitrogen and oxygen atoms in total. The van der Waals surface area contributed by atoms with Crippen LogP contribution < -0.4 is 10.6 Å². The Morgan fingerprint density at radius 2 is 2.14 bits per heavy atom. The number of nitrogens with zero attached hydrogens (tertiary/aromatic N) is 1. The van der Waals surface area contributed by atoms with Crippen LogP contribution in [0.2, 0.25) is 0 Å². The van der Waals surface area contributed by atoms with Gasteiger partial charge in [-0.3, -0.25) is 14.4 Å². The number of carbonyl (C=O) groups is 3. The van der Waals surface area contributed by atoms with E-state index in [-0.39, 0.29) is 24.1 Å². The summed E-state index contributed by atoms with van der Waals surface area (Å²) < 4.78 is 0. The topological polar surface area (TPSA) is 78.5 Å². The first-order valence-corrected chi connectivity index (χ1v) is 6.91. The molecule has 1 aromatic rings. The van der Waals surface area contributed by atoms with E-state index in [4.69, 9.17) is 0 Å². The van der Waals surface area contributed by atoms with E-state index in [0.717, 1.165) is 11.3 Å². The monoisotopic (exact) mass is 289 g/mol. The van der Waals surface area contributed by atoms with Crippen LogP contribution in [0, 0.1) is 0 Å². The Bertz CT molecular complexity index is 598. The lowest BCUT2D eigenvalue weighted by Gasteiger charge is -2.20. The van der Waals surface area contributed by atoms with Crippen LogP contribution in [0.25, 0.3) is 0 Å². The van der Waals surface area contributed by atoms with Gasteiger partial charge in [0.15, 0.2) is 0 Å². The number of nitrogens with one attached hydrogen (secondary N) is 2. The van der Waals surface area contributed by atoms with Crippen molar-refractivity contribution in [2.75, 3.05) is 18.9 Å². The molecule has 21 heavy (non-hydrogen) atoms. The summed E-state index contributed by atoms with van der Waals surface area (Å²) in [6.45, 7) is 4.12. The molecule has 112 valence electrons. The van der Waals surface area contributed by atoms with Crippen molar-refractivity contribution in [1.29, 1.82) is 0 Å². The van der Waals surface area contributed by atoms with E-state index in [9.17, 15) is 14.4 Å². The molecule has 1 aromatic carbocycles. The predicted octanol–water partition coefficient (Wildman–Crippen LogP) is 0.778. The number of rotatable bonds is 4. The Morgan fingerprint density at radius 1 is 1.43 bits per heavy atom. The zero-order chi connectivity index (χ0) is 15.6. The molecule has 0 radical (unpaired) electrons. The summed E-state index contributed by atoms with van der Waals surface area (Å²) in [6.07, 6.45) is 0.281. The van der Waals surface area contributed by atoms with Gasteiger partial charge in [0.25, 0.3) is 5.91 Å². The molecule has 3 amide bonds. The molecule has 2 N–H and O–H groups in total. The summed E-state index contributed by atoms with van der Waals surface area (Å²) in [6, 6.07) is 4.44. The number of amides is 3. The number of hydrogen-bond acceptors (Lipinski definition) is 3. The number of likely N-dealkylation sites (N-methyl/N-ethyl adjacent to an activating group) is 1. The summed E-state index contributed by atoms with van der Waals surface area (Å²) in [7, 11) is 1.69. The third-order valence-corrected chi connectivity index (χ3v) is 3.56. The Morgan fingerprint density at radius 3 is 2.81 bits per heavy atom. The number of benzene rings is 1. The van der Waals surface area contributed by atoms with Gasteiger partial charge in [0.2, 0.25) is 11.8 Å². The van der Waals surface area contributed by atoms with E-state index < -0.39 is 6.04 Å². The number of carbonyl (C=O) groups excluding carboxylic acids is 3. The highest BCUT2D eigenvalue weighted by Crippen LogP contribution is 2.23. The smallest absolute Gasteiger partial charge is 0.251 e. The van der Waals surface area contributed by atoms with Gasteiger partial charge in [0.1, 0.15) is 6.04 Å². The van der Waals surface area contributed by atoms with E-state index in [0.29, 0.717) is 12.1 Å². The largest absolute Gasteiger partial charge is 0.344 e. The maximum atomic E-state index is 12.2. The standard InChI is InChI=1S/C15H19N3O3/c1-4-18(3)15(21)9(2)16-14(20)10-5-6-12-11(7-10)8-13(19)17-12/h5-7,9H,4,8H2,1-3H3,(H,16,20)(H,17,19). The average Bonchev–Trinajstić information content (AvgIpc) is 2.84. The fourth-order valence-corrected chi connectivity index (χ4v) is 2.20. The van der Waals surface area contributed by atoms with Crippen molar-refractivity contribution >= 4 is 23.4 Å². The molecule has 1 atom stereocenters. The third-order valence-electron chi connectivity index (χ3n) is 3.56. The molecule has 0 saturated carbocycles. The minimum absolute atomic E-state index is 0.0734. The minimum Gasteiger partial charge on any atom is -0.344 e. The van der Waals surface area contributed by atoms with Gasteiger partial charge in [0, 0.05) is 24.8 Å². The number of fused-ring (bicyclic) bond motifs is 1. The van der Waals surface area contributed by atoms with Crippen LogP contribution in [0.15, 0.2) is 18.2 Å². The fraction of sp³-hybridized carbons (Fsp3) is 0.400. The SMILES string of the molecule is CCN(C)C(=O)C(C)NC(=O)c1ccc2c(c1)CC(=O)N2. The van der Waals surface area contributed by atoms with Gasteiger partial charge in [-0.1, -0.05) is 0 Å². The quantitative estimate of drug-likeness (QED) is 0.859. The molecule has 6 heteroatoms. The lowest BCUT2D eigenvalue weighted by atomic mass is 10.1. The summed E-state index contributed by atoms with van der Waals surface area (Å²) in [5.74, 6) is -0.526. The Kier molecular flexibility index (Phi) is 4.26. The van der Waals surface area contributed by atoms with Crippen LogP contribution in [0.5, 0.6) is 0 Å². The maximum Gasteiger partial charge on any atom is 0.251 e. The van der Waals surface area contributed by atoms with Gasteiger partial charge in [-0.15, -0.1) is 0 Å². The van der Waals surface area contributed by atoms with Crippen molar-refractivity contribution in [3.05, 3.63) is 29.3 Å². The molecular formula is C15H19N3O3. The molecule has 0 saturated heterocycles. The van der Waals surface area contributed by atoms with Gasteiger partial charge in [-0.25, -0.2) is 0 Å². The fourth-order valence-electron chi connectivity index (χ4n) is 2.20. The molecule has 1 aliphatic rings. The molecule has 2 rings (SSSR count). The second-order valence-corrected chi connectivity index (χ2v) is 5.14. The molecule has 0 aromatic heterocycles. The molecule has 1 unspecified atom stereocenters. The molecule has 0 fully saturated rings. The van der Waals surface area contributed by atoms with Crippen molar-refractivity contribution in [2.24, 2.45) is 0 Å². The number of anilines is 1. The molecule has 1 heterocycles. The summed E-state index contributed by atoms with van der Waals surface area (Å²) >= 11 is 0. The first-order chi connectivity index (χ1) is 9.92. The zero-order valence-corrected chi connectivity index (χ0v) is 12.4. The lowest BCUT2D eigenvalue weighted by Crippen LogP contribution is -2.45. The Labute approximate surface area is 123 Å². The van der Waals surface area contributed by atoms with E-state index in [1.165, 1.54) is 0 Å². The Balaban J connectivity index is 2.06. The van der Waals surface area contributed by atoms with Crippen LogP contribution in [0.4, 0.5) is 5.69 Å². The van der Waals surface area contributed by atoms with Crippen LogP contribution in [-0.4, -0.2) is 42.3 Å². The molecule has 1 aliphatic heterocycles. The lowest BCUT2D eigenvalue weighted by molar-refractivity contribution is -0.131. The Hall–Kier alpha value is -2.37. The molecule has 0 spiro atoms. The van der Waals surface area contributed by atoms with E-state index in [1.54, 1.807) is 37.1 Å². The zero-order valence-electron chi connectivity index (χ0n) is 12.4. The van der Waals surface area contributed by atoms with Gasteiger partial charge in [-0.2, -0.15) is 0 Å². The van der Waals surface area contributed by atoms with E-state index >= 15 is 0 Å². The van der Waals surface area contributed by atoms with Crippen molar-refractivity contribution < 1.29 is 14.4 Å². The predicted molar refractivity (Wildman–Crippen MR) is 79.0 cm³/mol. The van der Waals surface area contributed by atoms with Crippen LogP contribution in [0.3, 0.4) is 0 Å². The highest BCUT2D eigenvalue weighted by atomic mass is 16.2. The van der Waals surface area contributed by atoms with Gasteiger partial charge in [0.05, 0.1) is 6.42 Å². The van der Waals surface area contributed by atoms with Gasteiger partial charge < -0.3 is 15.5 Å². The average molecular weight is 289 g/mol. The van der Waals surface area contributed by atoms with Crippen molar-refractivity contribution in [2.45, 2.75) is 26.3 Å². The normalized spacial score (nSPS) is 14.1. The van der Waals surface area contributed by atoms with Crippen molar-refractivity contribution in [3.63, 3.8) is 0 Å². The van der Waals surface area contributed by atoms with E-state index in [1.807, 2.05) is 6.92 Å². The summed E-state index contributed by atoms with van der Waals surface area (Å²) in [4.78, 5) is 36.9. The van der Waals surface area contributed by atoms with Crippen molar-refractivity contribution in [1.82, 2.24) is 10.2 Å². The van der Waals surface area contributed by atoms with E-state index in [2.05, 4.69) is 10.6 Å². The maximum absolute atomic E-state index is 12.2. The van der Waals surface area contributed by atoms with Crippen LogP contribution in [-0.2, 0) is 16.0 Å². The van der Waals surface area contributed by atoms with Crippen LogP contribution >= 0.6 is 0 Å². The van der Waals surface area contributed by atoms with Crippen molar-refractivity contribution in [3.8, 4) is 0 Å². The second kappa shape index (κ2) is 5.95. The summed E-state index contributed by atoms with van der Waals surface area (Å²) in [5.41, 5.74) is 1.99. The molecular weight excluding hydrogens is 270 g/mol. The first kappa shape index (κ1) is 15.0. The first-order valence-electron chi connectivity index (χ1n) is 6.91.